The highest BCUT2D eigenvalue weighted by Gasteiger charge is 2.55. The number of aliphatic hydroxyl groups is 2. The molecular weight excluding hydrogens is 609 g/mol. The van der Waals surface area contributed by atoms with Gasteiger partial charge in [-0.15, -0.1) is 6.58 Å². The van der Waals surface area contributed by atoms with Crippen molar-refractivity contribution in [3.63, 3.8) is 0 Å². The SMILES string of the molecule is C=C[C@]1(COP(=O)(N[C@@H](C)C(=O)OC2CCCCC2)N[C@@H](C)C(=O)OC2CCCCC2)O[C@@H](n2ccc(N)nc2=O)[C@H](O)[C@@H]1O. The number of nitrogens with zero attached hydrogens (tertiary/aromatic N) is 2. The van der Waals surface area contributed by atoms with Crippen LogP contribution >= 0.6 is 7.67 Å². The van der Waals surface area contributed by atoms with Gasteiger partial charge >= 0.3 is 25.3 Å². The van der Waals surface area contributed by atoms with E-state index < -0.39 is 68.0 Å². The van der Waals surface area contributed by atoms with Crippen LogP contribution in [0.3, 0.4) is 0 Å². The molecule has 0 bridgehead atoms. The van der Waals surface area contributed by atoms with Crippen molar-refractivity contribution in [3.8, 4) is 0 Å². The van der Waals surface area contributed by atoms with Crippen molar-refractivity contribution in [1.82, 2.24) is 19.7 Å². The van der Waals surface area contributed by atoms with Gasteiger partial charge in [0.1, 0.15) is 47.9 Å². The minimum atomic E-state index is -4.33. The normalized spacial score (nSPS) is 27.9. The number of carbonyl (C=O) groups is 2. The molecule has 252 valence electrons. The highest BCUT2D eigenvalue weighted by Crippen LogP contribution is 2.45. The van der Waals surface area contributed by atoms with E-state index in [-0.39, 0.29) is 18.0 Å². The van der Waals surface area contributed by atoms with Crippen LogP contribution in [0.1, 0.15) is 84.3 Å². The largest absolute Gasteiger partial charge is 0.461 e. The van der Waals surface area contributed by atoms with Crippen LogP contribution in [0, 0.1) is 0 Å². The molecule has 1 aromatic rings. The van der Waals surface area contributed by atoms with Gasteiger partial charge < -0.3 is 34.7 Å². The van der Waals surface area contributed by atoms with E-state index in [1.54, 1.807) is 0 Å². The molecule has 3 aliphatic rings. The number of nitrogen functional groups attached to an aromatic ring is 1. The predicted molar refractivity (Wildman–Crippen MR) is 163 cm³/mol. The molecule has 1 aliphatic heterocycles. The van der Waals surface area contributed by atoms with E-state index in [9.17, 15) is 29.2 Å². The van der Waals surface area contributed by atoms with Crippen molar-refractivity contribution in [1.29, 1.82) is 0 Å². The Hall–Kier alpha value is -2.65. The van der Waals surface area contributed by atoms with Gasteiger partial charge in [0.05, 0.1) is 6.61 Å². The fraction of sp³-hybridized carbons (Fsp3) is 0.724. The lowest BCUT2D eigenvalue weighted by molar-refractivity contribution is -0.152. The topological polar surface area (TPSA) is 214 Å². The van der Waals surface area contributed by atoms with Crippen molar-refractivity contribution in [3.05, 3.63) is 35.4 Å². The smallest absolute Gasteiger partial charge is 0.351 e. The average molecular weight is 656 g/mol. The first kappa shape index (κ1) is 35.2. The molecule has 0 aromatic carbocycles. The molecule has 2 aliphatic carbocycles. The molecule has 2 saturated carbocycles. The second-order valence-electron chi connectivity index (χ2n) is 12.1. The molecule has 1 aromatic heterocycles. The molecule has 45 heavy (non-hydrogen) atoms. The molecular formula is C29H46N5O10P. The van der Waals surface area contributed by atoms with Gasteiger partial charge in [-0.25, -0.2) is 15.0 Å². The van der Waals surface area contributed by atoms with Crippen LogP contribution < -0.4 is 21.6 Å². The Bertz CT molecular complexity index is 1260. The Kier molecular flexibility index (Phi) is 12.0. The lowest BCUT2D eigenvalue weighted by atomic mass is 9.96. The van der Waals surface area contributed by atoms with Crippen molar-refractivity contribution < 1.29 is 43.1 Å². The van der Waals surface area contributed by atoms with E-state index >= 15 is 0 Å². The van der Waals surface area contributed by atoms with E-state index in [0.717, 1.165) is 74.9 Å². The third kappa shape index (κ3) is 8.79. The molecule has 0 spiro atoms. The van der Waals surface area contributed by atoms with Gasteiger partial charge in [-0.3, -0.25) is 18.7 Å². The third-order valence-electron chi connectivity index (χ3n) is 8.50. The maximum Gasteiger partial charge on any atom is 0.351 e. The first-order valence-electron chi connectivity index (χ1n) is 15.6. The van der Waals surface area contributed by atoms with Gasteiger partial charge in [-0.1, -0.05) is 18.9 Å². The van der Waals surface area contributed by atoms with Crippen LogP contribution in [0.4, 0.5) is 5.82 Å². The Morgan fingerprint density at radius 3 is 2.07 bits per heavy atom. The van der Waals surface area contributed by atoms with Gasteiger partial charge in [0, 0.05) is 6.20 Å². The van der Waals surface area contributed by atoms with Gasteiger partial charge in [-0.05, 0) is 71.3 Å². The van der Waals surface area contributed by atoms with Crippen LogP contribution in [0.25, 0.3) is 0 Å². The number of hydrogen-bond donors (Lipinski definition) is 5. The quantitative estimate of drug-likeness (QED) is 0.117. The van der Waals surface area contributed by atoms with Crippen molar-refractivity contribution >= 4 is 25.4 Å². The maximum atomic E-state index is 14.3. The van der Waals surface area contributed by atoms with Crippen molar-refractivity contribution in [2.75, 3.05) is 12.3 Å². The fourth-order valence-electron chi connectivity index (χ4n) is 5.81. The monoisotopic (exact) mass is 655 g/mol. The number of nitrogens with one attached hydrogen (secondary N) is 2. The Morgan fingerprint density at radius 2 is 1.60 bits per heavy atom. The van der Waals surface area contributed by atoms with E-state index in [0.29, 0.717) is 0 Å². The zero-order chi connectivity index (χ0) is 32.8. The first-order chi connectivity index (χ1) is 21.4. The molecule has 4 rings (SSSR count). The predicted octanol–water partition coefficient (Wildman–Crippen LogP) is 1.83. The van der Waals surface area contributed by atoms with E-state index in [2.05, 4.69) is 21.7 Å². The molecule has 1 saturated heterocycles. The average Bonchev–Trinajstić information content (AvgIpc) is 3.26. The summed E-state index contributed by atoms with van der Waals surface area (Å²) < 4.78 is 38.2. The standard InChI is InChI=1S/C29H46N5O10P/c1-4-29(24(36)23(35)25(44-29)34-16-15-22(30)31-28(34)39)17-41-45(40,32-18(2)26(37)42-20-11-7-5-8-12-20)33-19(3)27(38)43-21-13-9-6-10-14-21/h4,15-16,18-21,23-25,35-36H,1,5-14,17H2,2-3H3,(H2,30,31,39)(H2,32,33,40)/t18-,19-,23+,24-,25+,29+/m0/s1. The lowest BCUT2D eigenvalue weighted by Gasteiger charge is -2.32. The van der Waals surface area contributed by atoms with Crippen LogP contribution in [-0.4, -0.2) is 80.4 Å². The zero-order valence-electron chi connectivity index (χ0n) is 25.8. The number of hydrogen-bond acceptors (Lipinski definition) is 12. The number of ether oxygens (including phenoxy) is 3. The van der Waals surface area contributed by atoms with Crippen LogP contribution in [0.15, 0.2) is 29.7 Å². The Labute approximate surface area is 262 Å². The summed E-state index contributed by atoms with van der Waals surface area (Å²) in [6.45, 7) is 5.94. The van der Waals surface area contributed by atoms with Crippen molar-refractivity contribution in [2.45, 2.75) is 126 Å². The van der Waals surface area contributed by atoms with Gasteiger partial charge in [0.2, 0.25) is 0 Å². The molecule has 2 heterocycles. The van der Waals surface area contributed by atoms with E-state index in [4.69, 9.17) is 24.5 Å². The molecule has 0 amide bonds. The molecule has 6 N–H and O–H groups in total. The number of carbonyl (C=O) groups excluding carboxylic acids is 2. The van der Waals surface area contributed by atoms with E-state index in [1.165, 1.54) is 26.1 Å². The first-order valence-corrected chi connectivity index (χ1v) is 17.2. The summed E-state index contributed by atoms with van der Waals surface area (Å²) in [5, 5.41) is 27.1. The summed E-state index contributed by atoms with van der Waals surface area (Å²) in [6.07, 6.45) is 6.02. The second kappa shape index (κ2) is 15.3. The number of aliphatic hydroxyl groups excluding tert-OH is 2. The molecule has 3 fully saturated rings. The second-order valence-corrected chi connectivity index (χ2v) is 13.9. The minimum Gasteiger partial charge on any atom is -0.461 e. The molecule has 0 radical (unpaired) electrons. The number of rotatable bonds is 13. The molecule has 16 heteroatoms. The molecule has 0 unspecified atom stereocenters. The van der Waals surface area contributed by atoms with Gasteiger partial charge in [0.25, 0.3) is 0 Å². The van der Waals surface area contributed by atoms with Crippen molar-refractivity contribution in [2.24, 2.45) is 0 Å². The van der Waals surface area contributed by atoms with Gasteiger partial charge in [-0.2, -0.15) is 4.98 Å². The van der Waals surface area contributed by atoms with Gasteiger partial charge in [0.15, 0.2) is 6.23 Å². The van der Waals surface area contributed by atoms with E-state index in [1.807, 2.05) is 0 Å². The minimum absolute atomic E-state index is 0.0482. The number of anilines is 1. The lowest BCUT2D eigenvalue weighted by Crippen LogP contribution is -2.48. The van der Waals surface area contributed by atoms with Crippen LogP contribution in [-0.2, 0) is 32.9 Å². The Balaban J connectivity index is 1.51. The number of esters is 2. The Morgan fingerprint density at radius 1 is 1.09 bits per heavy atom. The summed E-state index contributed by atoms with van der Waals surface area (Å²) in [6, 6.07) is -0.935. The third-order valence-corrected chi connectivity index (χ3v) is 10.5. The summed E-state index contributed by atoms with van der Waals surface area (Å²) in [5.74, 6) is -1.34. The molecule has 6 atom stereocenters. The summed E-state index contributed by atoms with van der Waals surface area (Å²) in [4.78, 5) is 42.0. The van der Waals surface area contributed by atoms with Crippen LogP contribution in [0.2, 0.25) is 0 Å². The van der Waals surface area contributed by atoms with Crippen LogP contribution in [0.5, 0.6) is 0 Å². The fourth-order valence-corrected chi connectivity index (χ4v) is 7.65. The number of aromatic nitrogens is 2. The highest BCUT2D eigenvalue weighted by molar-refractivity contribution is 7.54. The zero-order valence-corrected chi connectivity index (χ0v) is 26.7. The summed E-state index contributed by atoms with van der Waals surface area (Å²) in [5.41, 5.74) is 2.86. The molecule has 15 nitrogen and oxygen atoms in total. The summed E-state index contributed by atoms with van der Waals surface area (Å²) >= 11 is 0. The maximum absolute atomic E-state index is 14.3. The number of nitrogens with two attached hydrogens (primary N) is 1. The summed E-state index contributed by atoms with van der Waals surface area (Å²) in [7, 11) is -4.33. The highest BCUT2D eigenvalue weighted by atomic mass is 31.2.